The molecule has 2 unspecified atom stereocenters. The van der Waals surface area contributed by atoms with E-state index in [1.165, 1.54) is 0 Å². The second kappa shape index (κ2) is 11.4. The lowest BCUT2D eigenvalue weighted by Crippen LogP contribution is -2.15. The van der Waals surface area contributed by atoms with Crippen molar-refractivity contribution in [1.29, 1.82) is 0 Å². The largest absolute Gasteiger partial charge is 0.508 e. The normalized spacial score (nSPS) is 13.0. The van der Waals surface area contributed by atoms with Crippen molar-refractivity contribution in [3.8, 4) is 23.0 Å². The molecule has 0 radical (unpaired) electrons. The molecular formula is C30H30O6S. The molecule has 2 N–H and O–H groups in total. The Morgan fingerprint density at radius 1 is 0.568 bits per heavy atom. The maximum atomic E-state index is 13.1. The van der Waals surface area contributed by atoms with E-state index in [0.29, 0.717) is 24.3 Å². The predicted octanol–water partition coefficient (Wildman–Crippen LogP) is 5.95. The topological polar surface area (TPSA) is 93.1 Å². The third-order valence-corrected chi connectivity index (χ3v) is 7.65. The van der Waals surface area contributed by atoms with Gasteiger partial charge >= 0.3 is 0 Å². The van der Waals surface area contributed by atoms with Crippen LogP contribution in [0.5, 0.6) is 23.0 Å². The summed E-state index contributed by atoms with van der Waals surface area (Å²) in [5.41, 5.74) is 2.07. The van der Waals surface area contributed by atoms with Gasteiger partial charge in [-0.3, -0.25) is 0 Å². The molecule has 0 aliphatic rings. The van der Waals surface area contributed by atoms with Crippen molar-refractivity contribution in [2.24, 2.45) is 0 Å². The molecule has 37 heavy (non-hydrogen) atoms. The highest BCUT2D eigenvalue weighted by Gasteiger charge is 2.18. The van der Waals surface area contributed by atoms with Crippen LogP contribution in [0, 0.1) is 0 Å². The van der Waals surface area contributed by atoms with Crippen LogP contribution in [0.3, 0.4) is 0 Å². The molecule has 0 bridgehead atoms. The van der Waals surface area contributed by atoms with Crippen LogP contribution >= 0.6 is 0 Å². The highest BCUT2D eigenvalue weighted by molar-refractivity contribution is 7.91. The molecule has 0 amide bonds. The third-order valence-electron chi connectivity index (χ3n) is 5.86. The number of rotatable bonds is 10. The SMILES string of the molecule is CC(Cc1ccc(O)cc1)Oc1ccc(S(=O)(=O)c2ccc(OC(C)Cc3ccc(O)cc3)cc2)cc1. The molecule has 0 spiro atoms. The molecule has 0 fully saturated rings. The highest BCUT2D eigenvalue weighted by Crippen LogP contribution is 2.26. The van der Waals surface area contributed by atoms with Gasteiger partial charge in [-0.1, -0.05) is 24.3 Å². The number of ether oxygens (including phenoxy) is 2. The van der Waals surface area contributed by atoms with Gasteiger partial charge in [-0.2, -0.15) is 0 Å². The summed E-state index contributed by atoms with van der Waals surface area (Å²) >= 11 is 0. The fourth-order valence-corrected chi connectivity index (χ4v) is 5.27. The maximum absolute atomic E-state index is 13.1. The molecular weight excluding hydrogens is 488 g/mol. The average Bonchev–Trinajstić information content (AvgIpc) is 2.87. The standard InChI is InChI=1S/C30H30O6S/c1-21(19-23-3-7-25(31)8-4-23)35-27-11-15-29(16-12-27)37(33,34)30-17-13-28(14-18-30)36-22(2)20-24-5-9-26(32)10-6-24/h3-18,21-22,31-32H,19-20H2,1-2H3. The Morgan fingerprint density at radius 2 is 0.892 bits per heavy atom. The summed E-state index contributed by atoms with van der Waals surface area (Å²) in [4.78, 5) is 0.362. The summed E-state index contributed by atoms with van der Waals surface area (Å²) in [6.07, 6.45) is 1.05. The Balaban J connectivity index is 1.35. The van der Waals surface area contributed by atoms with Gasteiger partial charge in [-0.05, 0) is 97.8 Å². The number of sulfone groups is 1. The molecule has 7 heteroatoms. The van der Waals surface area contributed by atoms with Gasteiger partial charge in [0.1, 0.15) is 23.0 Å². The Bertz CT molecular complexity index is 1290. The molecule has 0 saturated carbocycles. The molecule has 4 aromatic rings. The maximum Gasteiger partial charge on any atom is 0.206 e. The van der Waals surface area contributed by atoms with Crippen molar-refractivity contribution in [2.75, 3.05) is 0 Å². The third kappa shape index (κ3) is 7.05. The summed E-state index contributed by atoms with van der Waals surface area (Å²) in [5, 5.41) is 18.8. The van der Waals surface area contributed by atoms with Crippen molar-refractivity contribution >= 4 is 9.84 Å². The Hall–Kier alpha value is -3.97. The second-order valence-electron chi connectivity index (χ2n) is 9.04. The molecule has 2 atom stereocenters. The fourth-order valence-electron chi connectivity index (χ4n) is 4.01. The molecule has 0 heterocycles. The lowest BCUT2D eigenvalue weighted by molar-refractivity contribution is 0.222. The van der Waals surface area contributed by atoms with Crippen LogP contribution < -0.4 is 9.47 Å². The fraction of sp³-hybridized carbons (Fsp3) is 0.200. The Kier molecular flexibility index (Phi) is 8.04. The van der Waals surface area contributed by atoms with E-state index in [-0.39, 0.29) is 33.5 Å². The van der Waals surface area contributed by atoms with E-state index in [1.54, 1.807) is 72.8 Å². The Morgan fingerprint density at radius 3 is 1.22 bits per heavy atom. The molecule has 6 nitrogen and oxygen atoms in total. The first-order valence-electron chi connectivity index (χ1n) is 12.0. The Labute approximate surface area is 217 Å². The van der Waals surface area contributed by atoms with Gasteiger partial charge in [0, 0.05) is 12.8 Å². The van der Waals surface area contributed by atoms with Crippen molar-refractivity contribution in [3.05, 3.63) is 108 Å². The summed E-state index contributed by atoms with van der Waals surface area (Å²) in [6.45, 7) is 3.87. The van der Waals surface area contributed by atoms with E-state index in [0.717, 1.165) is 11.1 Å². The quantitative estimate of drug-likeness (QED) is 0.269. The van der Waals surface area contributed by atoms with E-state index in [4.69, 9.17) is 9.47 Å². The van der Waals surface area contributed by atoms with Crippen LogP contribution in [0.2, 0.25) is 0 Å². The van der Waals surface area contributed by atoms with Gasteiger partial charge in [0.2, 0.25) is 9.84 Å². The minimum absolute atomic E-state index is 0.129. The average molecular weight is 519 g/mol. The molecule has 0 aliphatic carbocycles. The molecule has 0 saturated heterocycles. The van der Waals surface area contributed by atoms with Crippen molar-refractivity contribution in [1.82, 2.24) is 0 Å². The molecule has 192 valence electrons. The van der Waals surface area contributed by atoms with E-state index in [2.05, 4.69) is 0 Å². The minimum Gasteiger partial charge on any atom is -0.508 e. The van der Waals surface area contributed by atoms with Gasteiger partial charge in [0.05, 0.1) is 22.0 Å². The van der Waals surface area contributed by atoms with Gasteiger partial charge in [-0.15, -0.1) is 0 Å². The summed E-state index contributed by atoms with van der Waals surface area (Å²) in [5.74, 6) is 1.60. The highest BCUT2D eigenvalue weighted by atomic mass is 32.2. The van der Waals surface area contributed by atoms with Crippen molar-refractivity contribution < 1.29 is 28.1 Å². The first kappa shape index (κ1) is 26.1. The zero-order chi connectivity index (χ0) is 26.4. The minimum atomic E-state index is -3.69. The summed E-state index contributed by atoms with van der Waals surface area (Å²) in [6, 6.07) is 26.7. The first-order valence-corrected chi connectivity index (χ1v) is 13.5. The van der Waals surface area contributed by atoms with E-state index >= 15 is 0 Å². The number of benzene rings is 4. The lowest BCUT2D eigenvalue weighted by atomic mass is 10.1. The van der Waals surface area contributed by atoms with Gasteiger partial charge in [0.25, 0.3) is 0 Å². The van der Waals surface area contributed by atoms with Crippen LogP contribution in [0.4, 0.5) is 0 Å². The monoisotopic (exact) mass is 518 g/mol. The van der Waals surface area contributed by atoms with Crippen LogP contribution in [-0.4, -0.2) is 30.8 Å². The second-order valence-corrected chi connectivity index (χ2v) is 11.0. The zero-order valence-corrected chi connectivity index (χ0v) is 21.6. The van der Waals surface area contributed by atoms with E-state index in [1.807, 2.05) is 38.1 Å². The summed E-state index contributed by atoms with van der Waals surface area (Å²) < 4.78 is 38.1. The zero-order valence-electron chi connectivity index (χ0n) is 20.7. The van der Waals surface area contributed by atoms with E-state index < -0.39 is 9.84 Å². The summed E-state index contributed by atoms with van der Waals surface area (Å²) in [7, 11) is -3.69. The molecule has 4 aromatic carbocycles. The molecule has 0 aliphatic heterocycles. The number of hydrogen-bond donors (Lipinski definition) is 2. The van der Waals surface area contributed by atoms with Gasteiger partial charge in [-0.25, -0.2) is 8.42 Å². The van der Waals surface area contributed by atoms with Crippen molar-refractivity contribution in [2.45, 2.75) is 48.7 Å². The van der Waals surface area contributed by atoms with Crippen LogP contribution in [0.1, 0.15) is 25.0 Å². The predicted molar refractivity (Wildman–Crippen MR) is 142 cm³/mol. The first-order chi connectivity index (χ1) is 17.7. The van der Waals surface area contributed by atoms with Gasteiger partial charge in [0.15, 0.2) is 0 Å². The number of phenolic OH excluding ortho intramolecular Hbond substituents is 2. The van der Waals surface area contributed by atoms with Gasteiger partial charge < -0.3 is 19.7 Å². The lowest BCUT2D eigenvalue weighted by Gasteiger charge is -2.16. The van der Waals surface area contributed by atoms with Crippen LogP contribution in [-0.2, 0) is 22.7 Å². The van der Waals surface area contributed by atoms with Crippen LogP contribution in [0.25, 0.3) is 0 Å². The smallest absolute Gasteiger partial charge is 0.206 e. The van der Waals surface area contributed by atoms with Crippen LogP contribution in [0.15, 0.2) is 107 Å². The van der Waals surface area contributed by atoms with E-state index in [9.17, 15) is 18.6 Å². The van der Waals surface area contributed by atoms with Crippen molar-refractivity contribution in [3.63, 3.8) is 0 Å². The number of aromatic hydroxyl groups is 2. The molecule has 4 rings (SSSR count). The number of phenols is 2. The molecule has 0 aromatic heterocycles. The number of hydrogen-bond acceptors (Lipinski definition) is 6.